The third-order valence-electron chi connectivity index (χ3n) is 2.43. The van der Waals surface area contributed by atoms with E-state index in [0.29, 0.717) is 11.4 Å². The predicted molar refractivity (Wildman–Crippen MR) is 79.4 cm³/mol. The molecule has 0 spiro atoms. The quantitative estimate of drug-likeness (QED) is 0.807. The van der Waals surface area contributed by atoms with Crippen LogP contribution in [0.3, 0.4) is 0 Å². The average molecular weight is 378 g/mol. The van der Waals surface area contributed by atoms with Crippen molar-refractivity contribution < 1.29 is 4.39 Å². The standard InChI is InChI=1S/C12H10ClFIN3/c1-6-10(15)12(16-2)18-11(17-6)7-3-4-8(13)9(14)5-7/h3-5H,1-2H3,(H,16,17,18). The van der Waals surface area contributed by atoms with E-state index >= 15 is 0 Å². The van der Waals surface area contributed by atoms with Crippen LogP contribution >= 0.6 is 34.2 Å². The Kier molecular flexibility index (Phi) is 4.01. The number of aromatic nitrogens is 2. The molecular formula is C12H10ClFIN3. The number of halogens is 3. The normalized spacial score (nSPS) is 10.5. The SMILES string of the molecule is CNc1nc(-c2ccc(Cl)c(F)c2)nc(C)c1I. The molecule has 0 aliphatic carbocycles. The molecule has 0 unspecified atom stereocenters. The lowest BCUT2D eigenvalue weighted by molar-refractivity contribution is 0.628. The van der Waals surface area contributed by atoms with Gasteiger partial charge in [0.05, 0.1) is 14.3 Å². The van der Waals surface area contributed by atoms with E-state index in [0.717, 1.165) is 15.1 Å². The van der Waals surface area contributed by atoms with Gasteiger partial charge in [0.1, 0.15) is 11.6 Å². The monoisotopic (exact) mass is 377 g/mol. The summed E-state index contributed by atoms with van der Waals surface area (Å²) < 4.78 is 14.4. The number of rotatable bonds is 2. The van der Waals surface area contributed by atoms with Crippen molar-refractivity contribution >= 4 is 40.0 Å². The lowest BCUT2D eigenvalue weighted by Gasteiger charge is -2.09. The molecule has 0 saturated carbocycles. The average Bonchev–Trinajstić information content (AvgIpc) is 2.36. The van der Waals surface area contributed by atoms with Crippen molar-refractivity contribution in [2.45, 2.75) is 6.92 Å². The Balaban J connectivity index is 2.57. The minimum Gasteiger partial charge on any atom is -0.372 e. The minimum absolute atomic E-state index is 0.0924. The maximum Gasteiger partial charge on any atom is 0.161 e. The fourth-order valence-electron chi connectivity index (χ4n) is 1.49. The van der Waals surface area contributed by atoms with Crippen LogP contribution in [0.5, 0.6) is 0 Å². The van der Waals surface area contributed by atoms with Gasteiger partial charge in [-0.05, 0) is 47.7 Å². The van der Waals surface area contributed by atoms with Gasteiger partial charge >= 0.3 is 0 Å². The van der Waals surface area contributed by atoms with E-state index in [2.05, 4.69) is 37.9 Å². The van der Waals surface area contributed by atoms with Gasteiger partial charge < -0.3 is 5.32 Å². The van der Waals surface area contributed by atoms with Crippen molar-refractivity contribution in [1.82, 2.24) is 9.97 Å². The van der Waals surface area contributed by atoms with E-state index < -0.39 is 5.82 Å². The van der Waals surface area contributed by atoms with Gasteiger partial charge in [-0.1, -0.05) is 11.6 Å². The number of aryl methyl sites for hydroxylation is 1. The topological polar surface area (TPSA) is 37.8 Å². The summed E-state index contributed by atoms with van der Waals surface area (Å²) in [6, 6.07) is 4.54. The first-order valence-electron chi connectivity index (χ1n) is 5.20. The van der Waals surface area contributed by atoms with Crippen molar-refractivity contribution in [3.05, 3.63) is 38.3 Å². The van der Waals surface area contributed by atoms with E-state index in [-0.39, 0.29) is 5.02 Å². The molecule has 0 aliphatic heterocycles. The van der Waals surface area contributed by atoms with Crippen LogP contribution in [0.25, 0.3) is 11.4 Å². The van der Waals surface area contributed by atoms with E-state index in [9.17, 15) is 4.39 Å². The first-order valence-corrected chi connectivity index (χ1v) is 6.66. The molecule has 6 heteroatoms. The van der Waals surface area contributed by atoms with Crippen molar-refractivity contribution in [3.63, 3.8) is 0 Å². The van der Waals surface area contributed by atoms with Crippen LogP contribution in [0.2, 0.25) is 5.02 Å². The molecule has 0 atom stereocenters. The number of anilines is 1. The summed E-state index contributed by atoms with van der Waals surface area (Å²) in [5.41, 5.74) is 1.45. The highest BCUT2D eigenvalue weighted by atomic mass is 127. The summed E-state index contributed by atoms with van der Waals surface area (Å²) in [6.07, 6.45) is 0. The molecule has 0 fully saturated rings. The van der Waals surface area contributed by atoms with Gasteiger partial charge in [0.25, 0.3) is 0 Å². The number of nitrogens with zero attached hydrogens (tertiary/aromatic N) is 2. The third kappa shape index (κ3) is 2.56. The molecule has 3 nitrogen and oxygen atoms in total. The molecule has 1 aromatic carbocycles. The van der Waals surface area contributed by atoms with Gasteiger partial charge in [-0.2, -0.15) is 0 Å². The second-order valence-electron chi connectivity index (χ2n) is 3.67. The molecule has 1 N–H and O–H groups in total. The van der Waals surface area contributed by atoms with Crippen LogP contribution in [0.1, 0.15) is 5.69 Å². The van der Waals surface area contributed by atoms with Gasteiger partial charge in [0, 0.05) is 12.6 Å². The van der Waals surface area contributed by atoms with Gasteiger partial charge in [0.15, 0.2) is 5.82 Å². The molecule has 0 amide bonds. The Bertz CT molecular complexity index is 604. The van der Waals surface area contributed by atoms with Crippen LogP contribution in [0.4, 0.5) is 10.2 Å². The Morgan fingerprint density at radius 2 is 2.06 bits per heavy atom. The largest absolute Gasteiger partial charge is 0.372 e. The Morgan fingerprint density at radius 3 is 2.67 bits per heavy atom. The fourth-order valence-corrected chi connectivity index (χ4v) is 2.12. The third-order valence-corrected chi connectivity index (χ3v) is 4.03. The minimum atomic E-state index is -0.472. The molecule has 2 aromatic rings. The van der Waals surface area contributed by atoms with Gasteiger partial charge in [-0.3, -0.25) is 0 Å². The molecule has 0 aliphatic rings. The molecule has 0 saturated heterocycles. The van der Waals surface area contributed by atoms with Crippen molar-refractivity contribution in [2.24, 2.45) is 0 Å². The molecular weight excluding hydrogens is 368 g/mol. The fraction of sp³-hybridized carbons (Fsp3) is 0.167. The summed E-state index contributed by atoms with van der Waals surface area (Å²) in [6.45, 7) is 1.89. The van der Waals surface area contributed by atoms with Crippen LogP contribution in [0, 0.1) is 16.3 Å². The lowest BCUT2D eigenvalue weighted by atomic mass is 10.2. The number of hydrogen-bond acceptors (Lipinski definition) is 3. The summed E-state index contributed by atoms with van der Waals surface area (Å²) in [5, 5.41) is 3.09. The molecule has 1 heterocycles. The molecule has 18 heavy (non-hydrogen) atoms. The van der Waals surface area contributed by atoms with Crippen LogP contribution < -0.4 is 5.32 Å². The molecule has 2 rings (SSSR count). The van der Waals surface area contributed by atoms with Gasteiger partial charge in [-0.15, -0.1) is 0 Å². The summed E-state index contributed by atoms with van der Waals surface area (Å²) in [7, 11) is 1.79. The highest BCUT2D eigenvalue weighted by Gasteiger charge is 2.11. The zero-order chi connectivity index (χ0) is 13.3. The van der Waals surface area contributed by atoms with Crippen LogP contribution in [-0.2, 0) is 0 Å². The zero-order valence-electron chi connectivity index (χ0n) is 9.76. The van der Waals surface area contributed by atoms with Crippen LogP contribution in [-0.4, -0.2) is 17.0 Å². The number of nitrogens with one attached hydrogen (secondary N) is 1. The van der Waals surface area contributed by atoms with E-state index in [1.165, 1.54) is 12.1 Å². The molecule has 94 valence electrons. The second-order valence-corrected chi connectivity index (χ2v) is 5.16. The Morgan fingerprint density at radius 1 is 1.33 bits per heavy atom. The lowest BCUT2D eigenvalue weighted by Crippen LogP contribution is -2.02. The van der Waals surface area contributed by atoms with Crippen molar-refractivity contribution in [3.8, 4) is 11.4 Å². The Hall–Kier alpha value is -0.950. The number of benzene rings is 1. The van der Waals surface area contributed by atoms with Crippen molar-refractivity contribution in [2.75, 3.05) is 12.4 Å². The summed E-state index contributed by atoms with van der Waals surface area (Å²) in [5.74, 6) is 0.737. The predicted octanol–water partition coefficient (Wildman–Crippen LogP) is 3.89. The maximum atomic E-state index is 13.4. The summed E-state index contributed by atoms with van der Waals surface area (Å²) in [4.78, 5) is 8.71. The molecule has 0 bridgehead atoms. The van der Waals surface area contributed by atoms with Gasteiger partial charge in [0.2, 0.25) is 0 Å². The van der Waals surface area contributed by atoms with E-state index in [4.69, 9.17) is 11.6 Å². The maximum absolute atomic E-state index is 13.4. The smallest absolute Gasteiger partial charge is 0.161 e. The van der Waals surface area contributed by atoms with Gasteiger partial charge in [-0.25, -0.2) is 14.4 Å². The number of hydrogen-bond donors (Lipinski definition) is 1. The highest BCUT2D eigenvalue weighted by molar-refractivity contribution is 14.1. The first-order chi connectivity index (χ1) is 8.52. The van der Waals surface area contributed by atoms with Crippen molar-refractivity contribution in [1.29, 1.82) is 0 Å². The summed E-state index contributed by atoms with van der Waals surface area (Å²) >= 11 is 7.82. The van der Waals surface area contributed by atoms with E-state index in [1.807, 2.05) is 6.92 Å². The molecule has 1 aromatic heterocycles. The second kappa shape index (κ2) is 5.36. The molecule has 0 radical (unpaired) electrons. The van der Waals surface area contributed by atoms with Crippen LogP contribution in [0.15, 0.2) is 18.2 Å². The van der Waals surface area contributed by atoms with E-state index in [1.54, 1.807) is 13.1 Å². The zero-order valence-corrected chi connectivity index (χ0v) is 12.7. The highest BCUT2D eigenvalue weighted by Crippen LogP contribution is 2.25. The Labute approximate surface area is 123 Å². The first kappa shape index (κ1) is 13.5.